The van der Waals surface area contributed by atoms with Crippen LogP contribution < -0.4 is 15.4 Å². The molecule has 0 saturated carbocycles. The van der Waals surface area contributed by atoms with E-state index in [1.165, 1.54) is 0 Å². The van der Waals surface area contributed by atoms with Crippen molar-refractivity contribution in [3.63, 3.8) is 0 Å². The summed E-state index contributed by atoms with van der Waals surface area (Å²) < 4.78 is 5.11. The minimum Gasteiger partial charge on any atom is -0.497 e. The Morgan fingerprint density at radius 3 is 2.50 bits per heavy atom. The molecule has 6 heteroatoms. The van der Waals surface area contributed by atoms with Gasteiger partial charge < -0.3 is 20.4 Å². The molecule has 0 atom stereocenters. The maximum Gasteiger partial charge on any atom is 0.267 e. The van der Waals surface area contributed by atoms with E-state index >= 15 is 0 Å². The van der Waals surface area contributed by atoms with Crippen LogP contribution >= 0.6 is 0 Å². The van der Waals surface area contributed by atoms with Crippen molar-refractivity contribution < 1.29 is 14.3 Å². The van der Waals surface area contributed by atoms with Crippen LogP contribution in [-0.2, 0) is 0 Å². The molecule has 2 aromatic carbocycles. The first kappa shape index (κ1) is 17.5. The minimum atomic E-state index is -0.161. The summed E-state index contributed by atoms with van der Waals surface area (Å²) in [5.41, 5.74) is 2.02. The number of amides is 2. The van der Waals surface area contributed by atoms with Crippen LogP contribution in [0.25, 0.3) is 10.9 Å². The molecule has 3 aromatic rings. The standard InChI is InChI=1S/C20H21N3O3/c1-26-16-8-4-7-15(12-16)19(24)21-10-5-11-22-20(25)18-13-14-6-2-3-9-17(14)23-18/h2-4,6-9,12-13,23H,5,10-11H2,1H3,(H,21,24)(H,22,25). The molecular weight excluding hydrogens is 330 g/mol. The van der Waals surface area contributed by atoms with E-state index in [1.54, 1.807) is 31.4 Å². The van der Waals surface area contributed by atoms with Crippen LogP contribution in [0.1, 0.15) is 27.3 Å². The molecule has 3 rings (SSSR count). The van der Waals surface area contributed by atoms with Crippen molar-refractivity contribution in [3.05, 3.63) is 65.9 Å². The Kier molecular flexibility index (Phi) is 5.53. The molecule has 134 valence electrons. The molecule has 0 radical (unpaired) electrons. The molecule has 2 amide bonds. The monoisotopic (exact) mass is 351 g/mol. The van der Waals surface area contributed by atoms with Crippen LogP contribution in [0.3, 0.4) is 0 Å². The summed E-state index contributed by atoms with van der Waals surface area (Å²) in [5, 5.41) is 6.68. The summed E-state index contributed by atoms with van der Waals surface area (Å²) in [6.07, 6.45) is 0.641. The van der Waals surface area contributed by atoms with Crippen LogP contribution in [0.2, 0.25) is 0 Å². The molecule has 26 heavy (non-hydrogen) atoms. The molecule has 0 unspecified atom stereocenters. The molecule has 0 saturated heterocycles. The average molecular weight is 351 g/mol. The highest BCUT2D eigenvalue weighted by Crippen LogP contribution is 2.14. The van der Waals surface area contributed by atoms with Gasteiger partial charge in [0.15, 0.2) is 0 Å². The van der Waals surface area contributed by atoms with Crippen LogP contribution in [0.4, 0.5) is 0 Å². The third kappa shape index (κ3) is 4.22. The smallest absolute Gasteiger partial charge is 0.267 e. The second-order valence-corrected chi connectivity index (χ2v) is 5.87. The van der Waals surface area contributed by atoms with Crippen molar-refractivity contribution in [1.82, 2.24) is 15.6 Å². The summed E-state index contributed by atoms with van der Waals surface area (Å²) >= 11 is 0. The molecule has 3 N–H and O–H groups in total. The lowest BCUT2D eigenvalue weighted by Crippen LogP contribution is -2.30. The number of hydrogen-bond donors (Lipinski definition) is 3. The van der Waals surface area contributed by atoms with E-state index in [1.807, 2.05) is 30.3 Å². The molecule has 1 heterocycles. The van der Waals surface area contributed by atoms with Crippen LogP contribution in [0.5, 0.6) is 5.75 Å². The number of methoxy groups -OCH3 is 1. The van der Waals surface area contributed by atoms with E-state index in [9.17, 15) is 9.59 Å². The fourth-order valence-corrected chi connectivity index (χ4v) is 2.65. The number of para-hydroxylation sites is 1. The lowest BCUT2D eigenvalue weighted by Gasteiger charge is -2.07. The van der Waals surface area contributed by atoms with Gasteiger partial charge in [-0.1, -0.05) is 24.3 Å². The van der Waals surface area contributed by atoms with Gasteiger partial charge in [0.1, 0.15) is 11.4 Å². The van der Waals surface area contributed by atoms with E-state index < -0.39 is 0 Å². The molecule has 0 aliphatic rings. The number of H-pyrrole nitrogens is 1. The van der Waals surface area contributed by atoms with Crippen molar-refractivity contribution >= 4 is 22.7 Å². The fraction of sp³-hybridized carbons (Fsp3) is 0.200. The number of ether oxygens (including phenoxy) is 1. The van der Waals surface area contributed by atoms with Crippen LogP contribution in [0.15, 0.2) is 54.6 Å². The van der Waals surface area contributed by atoms with Crippen LogP contribution in [-0.4, -0.2) is 37.0 Å². The number of fused-ring (bicyclic) bond motifs is 1. The van der Waals surface area contributed by atoms with Crippen molar-refractivity contribution in [1.29, 1.82) is 0 Å². The van der Waals surface area contributed by atoms with E-state index in [0.717, 1.165) is 10.9 Å². The van der Waals surface area contributed by atoms with Crippen molar-refractivity contribution in [3.8, 4) is 5.75 Å². The van der Waals surface area contributed by atoms with Crippen molar-refractivity contribution in [2.45, 2.75) is 6.42 Å². The number of hydrogen-bond acceptors (Lipinski definition) is 3. The van der Waals surface area contributed by atoms with Gasteiger partial charge in [-0.25, -0.2) is 0 Å². The molecule has 0 aliphatic heterocycles. The number of benzene rings is 2. The summed E-state index contributed by atoms with van der Waals surface area (Å²) in [7, 11) is 1.56. The number of carbonyl (C=O) groups excluding carboxylic acids is 2. The number of aromatic nitrogens is 1. The van der Waals surface area contributed by atoms with Gasteiger partial charge in [0.2, 0.25) is 0 Å². The molecule has 0 fully saturated rings. The zero-order chi connectivity index (χ0) is 18.4. The summed E-state index contributed by atoms with van der Waals surface area (Å²) in [4.78, 5) is 27.3. The van der Waals surface area contributed by atoms with Gasteiger partial charge in [-0.15, -0.1) is 0 Å². The van der Waals surface area contributed by atoms with Gasteiger partial charge in [-0.05, 0) is 36.8 Å². The molecule has 1 aromatic heterocycles. The minimum absolute atomic E-state index is 0.152. The van der Waals surface area contributed by atoms with Gasteiger partial charge in [0, 0.05) is 29.6 Å². The first-order valence-corrected chi connectivity index (χ1v) is 8.45. The lowest BCUT2D eigenvalue weighted by atomic mass is 10.2. The maximum atomic E-state index is 12.2. The predicted octanol–water partition coefficient (Wildman–Crippen LogP) is 2.73. The number of carbonyl (C=O) groups is 2. The molecular formula is C20H21N3O3. The summed E-state index contributed by atoms with van der Waals surface area (Å²) in [6, 6.07) is 16.5. The molecule has 0 bridgehead atoms. The number of nitrogens with one attached hydrogen (secondary N) is 3. The fourth-order valence-electron chi connectivity index (χ4n) is 2.65. The zero-order valence-electron chi connectivity index (χ0n) is 14.5. The molecule has 6 nitrogen and oxygen atoms in total. The predicted molar refractivity (Wildman–Crippen MR) is 101 cm³/mol. The van der Waals surface area contributed by atoms with Crippen LogP contribution in [0, 0.1) is 0 Å². The number of aromatic amines is 1. The van der Waals surface area contributed by atoms with E-state index in [0.29, 0.717) is 36.5 Å². The highest BCUT2D eigenvalue weighted by Gasteiger charge is 2.09. The van der Waals surface area contributed by atoms with E-state index in [-0.39, 0.29) is 11.8 Å². The molecule has 0 aliphatic carbocycles. The first-order chi connectivity index (χ1) is 12.7. The van der Waals surface area contributed by atoms with Crippen molar-refractivity contribution in [2.75, 3.05) is 20.2 Å². The summed E-state index contributed by atoms with van der Waals surface area (Å²) in [5.74, 6) is 0.328. The maximum absolute atomic E-state index is 12.2. The van der Waals surface area contributed by atoms with Crippen molar-refractivity contribution in [2.24, 2.45) is 0 Å². The Morgan fingerprint density at radius 1 is 0.962 bits per heavy atom. The first-order valence-electron chi connectivity index (χ1n) is 8.45. The SMILES string of the molecule is COc1cccc(C(=O)NCCCNC(=O)c2cc3ccccc3[nH]2)c1. The number of rotatable bonds is 7. The third-order valence-corrected chi connectivity index (χ3v) is 4.03. The highest BCUT2D eigenvalue weighted by atomic mass is 16.5. The Balaban J connectivity index is 1.42. The second-order valence-electron chi connectivity index (χ2n) is 5.87. The lowest BCUT2D eigenvalue weighted by molar-refractivity contribution is 0.0948. The van der Waals surface area contributed by atoms with E-state index in [2.05, 4.69) is 15.6 Å². The Hall–Kier alpha value is -3.28. The Bertz CT molecular complexity index is 884. The quantitative estimate of drug-likeness (QED) is 0.572. The summed E-state index contributed by atoms with van der Waals surface area (Å²) in [6.45, 7) is 0.954. The zero-order valence-corrected chi connectivity index (χ0v) is 14.5. The van der Waals surface area contributed by atoms with Gasteiger partial charge in [-0.2, -0.15) is 0 Å². The Morgan fingerprint density at radius 2 is 1.73 bits per heavy atom. The highest BCUT2D eigenvalue weighted by molar-refractivity contribution is 5.98. The normalized spacial score (nSPS) is 10.5. The van der Waals surface area contributed by atoms with E-state index in [4.69, 9.17) is 4.74 Å². The third-order valence-electron chi connectivity index (χ3n) is 4.03. The Labute approximate surface area is 151 Å². The second kappa shape index (κ2) is 8.20. The van der Waals surface area contributed by atoms with Gasteiger partial charge in [0.25, 0.3) is 11.8 Å². The van der Waals surface area contributed by atoms with Gasteiger partial charge in [0.05, 0.1) is 7.11 Å². The molecule has 0 spiro atoms. The van der Waals surface area contributed by atoms with Gasteiger partial charge >= 0.3 is 0 Å². The van der Waals surface area contributed by atoms with Gasteiger partial charge in [-0.3, -0.25) is 9.59 Å². The topological polar surface area (TPSA) is 83.2 Å². The largest absolute Gasteiger partial charge is 0.497 e. The average Bonchev–Trinajstić information content (AvgIpc) is 3.12.